The molecule has 0 spiro atoms. The van der Waals surface area contributed by atoms with Gasteiger partial charge in [0.2, 0.25) is 0 Å². The number of imidazole rings is 1. The molecule has 2 heteroatoms. The normalized spacial score (nSPS) is 12.1. The van der Waals surface area contributed by atoms with Gasteiger partial charge in [0.1, 0.15) is 5.82 Å². The van der Waals surface area contributed by atoms with E-state index in [9.17, 15) is 0 Å². The molecule has 10 rings (SSSR count). The molecule has 0 amide bonds. The molecular weight excluding hydrogens is 677 g/mol. The average molecular weight is 715 g/mol. The van der Waals surface area contributed by atoms with Gasteiger partial charge < -0.3 is 0 Å². The Balaban J connectivity index is 1.23. The largest absolute Gasteiger partial charge is 0.293 e. The first-order valence-electron chi connectivity index (χ1n) is 19.2. The minimum atomic E-state index is 0.917. The summed E-state index contributed by atoms with van der Waals surface area (Å²) >= 11 is 0. The molecule has 0 N–H and O–H groups in total. The molecule has 56 heavy (non-hydrogen) atoms. The van der Waals surface area contributed by atoms with Crippen molar-refractivity contribution in [2.45, 2.75) is 6.92 Å². The van der Waals surface area contributed by atoms with Crippen LogP contribution in [0.1, 0.15) is 12.7 Å². The van der Waals surface area contributed by atoms with Crippen LogP contribution >= 0.6 is 0 Å². The quantitative estimate of drug-likeness (QED) is 0.119. The second-order valence-corrected chi connectivity index (χ2v) is 14.5. The summed E-state index contributed by atoms with van der Waals surface area (Å²) in [6.45, 7) is 5.95. The van der Waals surface area contributed by atoms with Crippen molar-refractivity contribution >= 4 is 59.7 Å². The Morgan fingerprint density at radius 1 is 0.482 bits per heavy atom. The van der Waals surface area contributed by atoms with Crippen LogP contribution in [0.5, 0.6) is 0 Å². The van der Waals surface area contributed by atoms with Gasteiger partial charge in [-0.1, -0.05) is 164 Å². The number of para-hydroxylation sites is 2. The van der Waals surface area contributed by atoms with Crippen LogP contribution in [0.4, 0.5) is 0 Å². The van der Waals surface area contributed by atoms with E-state index in [0.29, 0.717) is 0 Å². The second kappa shape index (κ2) is 13.8. The van der Waals surface area contributed by atoms with Gasteiger partial charge in [0.15, 0.2) is 0 Å². The summed E-state index contributed by atoms with van der Waals surface area (Å²) in [4.78, 5) is 5.10. The van der Waals surface area contributed by atoms with Crippen LogP contribution in [0.25, 0.3) is 98.8 Å². The number of nitrogens with zero attached hydrogens (tertiary/aromatic N) is 2. The molecule has 0 fully saturated rings. The van der Waals surface area contributed by atoms with E-state index in [-0.39, 0.29) is 0 Å². The molecule has 1 aromatic heterocycles. The van der Waals surface area contributed by atoms with Gasteiger partial charge in [-0.2, -0.15) is 0 Å². The van der Waals surface area contributed by atoms with Crippen molar-refractivity contribution in [3.63, 3.8) is 0 Å². The molecule has 0 atom stereocenters. The third kappa shape index (κ3) is 5.71. The maximum absolute atomic E-state index is 5.10. The van der Waals surface area contributed by atoms with Gasteiger partial charge in [0, 0.05) is 5.69 Å². The fraction of sp³-hybridized carbons (Fsp3) is 0.0185. The Labute approximate surface area is 326 Å². The lowest BCUT2D eigenvalue weighted by Gasteiger charge is -2.19. The van der Waals surface area contributed by atoms with Crippen LogP contribution < -0.4 is 0 Å². The predicted molar refractivity (Wildman–Crippen MR) is 240 cm³/mol. The lowest BCUT2D eigenvalue weighted by molar-refractivity contribution is 1.05. The SMILES string of the molecule is C=C/C=C\C=C(/C)c1nc2ccccc2n1-c1cccc(-c2ccc3c(-c4ccc5ccccc5c4)c4ccccc4c(-c4ccc5ccccc5c4)c3c2)c1. The van der Waals surface area contributed by atoms with Crippen LogP contribution in [0, 0.1) is 0 Å². The zero-order valence-electron chi connectivity index (χ0n) is 31.2. The fourth-order valence-corrected chi connectivity index (χ4v) is 8.40. The summed E-state index contributed by atoms with van der Waals surface area (Å²) in [7, 11) is 0. The lowest BCUT2D eigenvalue weighted by atomic mass is 9.84. The number of benzene rings is 9. The predicted octanol–water partition coefficient (Wildman–Crippen LogP) is 14.8. The highest BCUT2D eigenvalue weighted by molar-refractivity contribution is 6.22. The third-order valence-corrected chi connectivity index (χ3v) is 11.0. The van der Waals surface area contributed by atoms with Crippen molar-refractivity contribution < 1.29 is 0 Å². The highest BCUT2D eigenvalue weighted by atomic mass is 15.1. The average Bonchev–Trinajstić information content (AvgIpc) is 3.65. The Hall–Kier alpha value is -7.29. The Bertz CT molecular complexity index is 3230. The molecule has 2 nitrogen and oxygen atoms in total. The highest BCUT2D eigenvalue weighted by Gasteiger charge is 2.19. The molecule has 0 aliphatic rings. The molecular formula is C54H38N2. The van der Waals surface area contributed by atoms with Gasteiger partial charge in [-0.05, 0) is 131 Å². The molecule has 0 bridgehead atoms. The number of rotatable bonds is 7. The van der Waals surface area contributed by atoms with Gasteiger partial charge in [0.05, 0.1) is 11.0 Å². The first-order chi connectivity index (χ1) is 27.6. The smallest absolute Gasteiger partial charge is 0.141 e. The fourth-order valence-electron chi connectivity index (χ4n) is 8.40. The van der Waals surface area contributed by atoms with E-state index in [1.165, 1.54) is 65.3 Å². The van der Waals surface area contributed by atoms with Gasteiger partial charge in [-0.25, -0.2) is 4.98 Å². The summed E-state index contributed by atoms with van der Waals surface area (Å²) in [6, 6.07) is 64.3. The summed E-state index contributed by atoms with van der Waals surface area (Å²) < 4.78 is 2.28. The van der Waals surface area contributed by atoms with Crippen molar-refractivity contribution in [1.82, 2.24) is 9.55 Å². The Kier molecular flexibility index (Phi) is 8.23. The molecule has 10 aromatic rings. The monoisotopic (exact) mass is 714 g/mol. The maximum Gasteiger partial charge on any atom is 0.141 e. The molecule has 264 valence electrons. The van der Waals surface area contributed by atoms with Gasteiger partial charge in [-0.3, -0.25) is 4.57 Å². The minimum absolute atomic E-state index is 0.917. The van der Waals surface area contributed by atoms with Crippen LogP contribution in [0.3, 0.4) is 0 Å². The molecule has 0 unspecified atom stereocenters. The molecule has 0 aliphatic heterocycles. The summed E-state index contributed by atoms with van der Waals surface area (Å²) in [5.74, 6) is 0.917. The zero-order valence-corrected chi connectivity index (χ0v) is 31.2. The Morgan fingerprint density at radius 2 is 1.05 bits per heavy atom. The molecule has 0 radical (unpaired) electrons. The van der Waals surface area contributed by atoms with E-state index in [2.05, 4.69) is 200 Å². The van der Waals surface area contributed by atoms with E-state index in [1.54, 1.807) is 6.08 Å². The number of hydrogen-bond donors (Lipinski definition) is 0. The van der Waals surface area contributed by atoms with Gasteiger partial charge in [-0.15, -0.1) is 0 Å². The van der Waals surface area contributed by atoms with Crippen molar-refractivity contribution in [3.8, 4) is 39.1 Å². The first-order valence-corrected chi connectivity index (χ1v) is 19.2. The van der Waals surface area contributed by atoms with Crippen molar-refractivity contribution in [2.24, 2.45) is 0 Å². The van der Waals surface area contributed by atoms with Crippen molar-refractivity contribution in [2.75, 3.05) is 0 Å². The molecule has 0 saturated carbocycles. The van der Waals surface area contributed by atoms with Crippen molar-refractivity contribution in [1.29, 1.82) is 0 Å². The number of aromatic nitrogens is 2. The molecule has 1 heterocycles. The summed E-state index contributed by atoms with van der Waals surface area (Å²) in [5.41, 5.74) is 11.4. The lowest BCUT2D eigenvalue weighted by Crippen LogP contribution is -2.00. The molecule has 0 saturated heterocycles. The van der Waals surface area contributed by atoms with Crippen LogP contribution in [-0.4, -0.2) is 9.55 Å². The number of hydrogen-bond acceptors (Lipinski definition) is 1. The topological polar surface area (TPSA) is 17.8 Å². The van der Waals surface area contributed by atoms with Gasteiger partial charge in [0.25, 0.3) is 0 Å². The maximum atomic E-state index is 5.10. The zero-order chi connectivity index (χ0) is 37.6. The third-order valence-electron chi connectivity index (χ3n) is 11.0. The van der Waals surface area contributed by atoms with Crippen LogP contribution in [-0.2, 0) is 0 Å². The van der Waals surface area contributed by atoms with Crippen molar-refractivity contribution in [3.05, 3.63) is 213 Å². The first kappa shape index (κ1) is 33.3. The van der Waals surface area contributed by atoms with Crippen LogP contribution in [0.15, 0.2) is 207 Å². The summed E-state index contributed by atoms with van der Waals surface area (Å²) in [6.07, 6.45) is 7.84. The number of fused-ring (bicyclic) bond motifs is 5. The number of allylic oxidation sites excluding steroid dienone is 5. The standard InChI is InChI=1S/C54H38N2/c1-3-4-5-15-36(2)54-55-50-24-12-13-25-51(50)56(54)45-21-14-20-41(34-45)42-30-31-48-49(35-42)53(44-29-27-38-17-7-9-19-40(38)33-44)47-23-11-10-22-46(47)52(48)43-28-26-37-16-6-8-18-39(37)32-43/h3-35H,1H2,2H3/b5-4-,36-15+. The second-order valence-electron chi connectivity index (χ2n) is 14.5. The van der Waals surface area contributed by atoms with Gasteiger partial charge >= 0.3 is 0 Å². The molecule has 0 aliphatic carbocycles. The van der Waals surface area contributed by atoms with E-state index in [1.807, 2.05) is 12.2 Å². The highest BCUT2D eigenvalue weighted by Crippen LogP contribution is 2.46. The van der Waals surface area contributed by atoms with E-state index in [4.69, 9.17) is 4.98 Å². The Morgan fingerprint density at radius 3 is 1.75 bits per heavy atom. The minimum Gasteiger partial charge on any atom is -0.293 e. The molecule has 9 aromatic carbocycles. The van der Waals surface area contributed by atoms with E-state index < -0.39 is 0 Å². The van der Waals surface area contributed by atoms with E-state index >= 15 is 0 Å². The van der Waals surface area contributed by atoms with E-state index in [0.717, 1.165) is 39.2 Å². The van der Waals surface area contributed by atoms with Crippen LogP contribution in [0.2, 0.25) is 0 Å². The summed E-state index contributed by atoms with van der Waals surface area (Å²) in [5, 5.41) is 9.91.